The highest BCUT2D eigenvalue weighted by atomic mass is 35.5. The molecule has 0 saturated carbocycles. The minimum atomic E-state index is 0.0601. The third-order valence-electron chi connectivity index (χ3n) is 4.65. The summed E-state index contributed by atoms with van der Waals surface area (Å²) in [7, 11) is 0. The summed E-state index contributed by atoms with van der Waals surface area (Å²) in [6, 6.07) is 15.4. The number of nitrogens with zero attached hydrogens (tertiary/aromatic N) is 4. The Bertz CT molecular complexity index is 877. The van der Waals surface area contributed by atoms with Gasteiger partial charge in [0.2, 0.25) is 0 Å². The maximum absolute atomic E-state index is 12.8. The van der Waals surface area contributed by atoms with Gasteiger partial charge in [0.05, 0.1) is 0 Å². The monoisotopic (exact) mass is 352 g/mol. The van der Waals surface area contributed by atoms with Crippen molar-refractivity contribution in [3.8, 4) is 5.69 Å². The van der Waals surface area contributed by atoms with E-state index in [2.05, 4.69) is 16.3 Å². The molecule has 1 amide bonds. The summed E-state index contributed by atoms with van der Waals surface area (Å²) in [4.78, 5) is 14.7. The number of halogens is 1. The summed E-state index contributed by atoms with van der Waals surface area (Å²) in [6.45, 7) is 1.46. The van der Waals surface area contributed by atoms with Crippen LogP contribution in [0.2, 0.25) is 5.02 Å². The van der Waals surface area contributed by atoms with Gasteiger partial charge in [-0.2, -0.15) is 0 Å². The van der Waals surface area contributed by atoms with E-state index in [1.807, 2.05) is 47.4 Å². The molecule has 1 atom stereocenters. The van der Waals surface area contributed by atoms with Crippen LogP contribution < -0.4 is 0 Å². The van der Waals surface area contributed by atoms with Crippen molar-refractivity contribution in [1.29, 1.82) is 0 Å². The fourth-order valence-corrected chi connectivity index (χ4v) is 3.59. The number of benzene rings is 2. The standard InChI is InChI=1S/C19H17ClN4O/c20-18-4-2-1-3-17(18)15-9-10-23(11-15)19(25)14-5-7-16(8-6-14)24-12-21-22-13-24/h1-8,12-13,15H,9-11H2/t15-/m0/s1. The van der Waals surface area contributed by atoms with Crippen LogP contribution in [-0.4, -0.2) is 38.7 Å². The molecule has 2 heterocycles. The molecule has 4 rings (SSSR count). The molecule has 25 heavy (non-hydrogen) atoms. The van der Waals surface area contributed by atoms with Crippen molar-refractivity contribution in [3.05, 3.63) is 77.3 Å². The van der Waals surface area contributed by atoms with E-state index < -0.39 is 0 Å². The SMILES string of the molecule is O=C(c1ccc(-n2cnnc2)cc1)N1CC[C@H](c2ccccc2Cl)C1. The highest BCUT2D eigenvalue weighted by Crippen LogP contribution is 2.32. The first kappa shape index (κ1) is 15.8. The van der Waals surface area contributed by atoms with Gasteiger partial charge < -0.3 is 4.90 Å². The molecule has 1 fully saturated rings. The van der Waals surface area contributed by atoms with Crippen LogP contribution in [0.4, 0.5) is 0 Å². The van der Waals surface area contributed by atoms with Crippen LogP contribution in [0.5, 0.6) is 0 Å². The Morgan fingerprint density at radius 1 is 1.04 bits per heavy atom. The summed E-state index contributed by atoms with van der Waals surface area (Å²) < 4.78 is 1.80. The van der Waals surface area contributed by atoms with Crippen LogP contribution in [0.25, 0.3) is 5.69 Å². The van der Waals surface area contributed by atoms with Crippen LogP contribution in [-0.2, 0) is 0 Å². The second-order valence-corrected chi connectivity index (χ2v) is 6.58. The van der Waals surface area contributed by atoms with Gasteiger partial charge in [-0.1, -0.05) is 29.8 Å². The summed E-state index contributed by atoms with van der Waals surface area (Å²) in [5, 5.41) is 8.36. The first-order valence-electron chi connectivity index (χ1n) is 8.21. The fourth-order valence-electron chi connectivity index (χ4n) is 3.30. The molecule has 0 unspecified atom stereocenters. The smallest absolute Gasteiger partial charge is 0.253 e. The summed E-state index contributed by atoms with van der Waals surface area (Å²) in [5.74, 6) is 0.360. The molecule has 0 N–H and O–H groups in total. The third kappa shape index (κ3) is 3.15. The van der Waals surface area contributed by atoms with Gasteiger partial charge in [-0.05, 0) is 42.3 Å². The average Bonchev–Trinajstić information content (AvgIpc) is 3.34. The maximum atomic E-state index is 12.8. The van der Waals surface area contributed by atoms with Crippen molar-refractivity contribution in [1.82, 2.24) is 19.7 Å². The molecule has 1 aliphatic rings. The van der Waals surface area contributed by atoms with Crippen LogP contribution in [0.15, 0.2) is 61.2 Å². The first-order chi connectivity index (χ1) is 12.2. The molecule has 3 aromatic rings. The van der Waals surface area contributed by atoms with Gasteiger partial charge in [0.1, 0.15) is 12.7 Å². The molecule has 0 bridgehead atoms. The zero-order chi connectivity index (χ0) is 17.2. The van der Waals surface area contributed by atoms with Gasteiger partial charge in [-0.3, -0.25) is 9.36 Å². The Morgan fingerprint density at radius 2 is 1.76 bits per heavy atom. The fraction of sp³-hybridized carbons (Fsp3) is 0.211. The van der Waals surface area contributed by atoms with E-state index in [9.17, 15) is 4.79 Å². The van der Waals surface area contributed by atoms with E-state index in [0.717, 1.165) is 29.2 Å². The van der Waals surface area contributed by atoms with Crippen molar-refractivity contribution in [3.63, 3.8) is 0 Å². The molecular formula is C19H17ClN4O. The Balaban J connectivity index is 1.48. The normalized spacial score (nSPS) is 17.0. The lowest BCUT2D eigenvalue weighted by Gasteiger charge is -2.17. The third-order valence-corrected chi connectivity index (χ3v) is 5.00. The summed E-state index contributed by atoms with van der Waals surface area (Å²) in [5.41, 5.74) is 2.75. The van der Waals surface area contributed by atoms with E-state index in [-0.39, 0.29) is 5.91 Å². The molecule has 1 saturated heterocycles. The van der Waals surface area contributed by atoms with Crippen LogP contribution in [0, 0.1) is 0 Å². The van der Waals surface area contributed by atoms with Gasteiger partial charge in [0, 0.05) is 35.3 Å². The molecule has 2 aromatic carbocycles. The zero-order valence-electron chi connectivity index (χ0n) is 13.5. The number of hydrogen-bond donors (Lipinski definition) is 0. The number of hydrogen-bond acceptors (Lipinski definition) is 3. The largest absolute Gasteiger partial charge is 0.338 e. The highest BCUT2D eigenvalue weighted by Gasteiger charge is 2.28. The van der Waals surface area contributed by atoms with E-state index in [1.54, 1.807) is 17.2 Å². The second-order valence-electron chi connectivity index (χ2n) is 6.17. The van der Waals surface area contributed by atoms with Gasteiger partial charge in [0.15, 0.2) is 0 Å². The van der Waals surface area contributed by atoms with Crippen molar-refractivity contribution in [2.24, 2.45) is 0 Å². The van der Waals surface area contributed by atoms with Gasteiger partial charge in [0.25, 0.3) is 5.91 Å². The van der Waals surface area contributed by atoms with E-state index in [0.29, 0.717) is 18.0 Å². The number of carbonyl (C=O) groups excluding carboxylic acids is 1. The lowest BCUT2D eigenvalue weighted by atomic mass is 9.98. The Kier molecular flexibility index (Phi) is 4.24. The summed E-state index contributed by atoms with van der Waals surface area (Å²) in [6.07, 6.45) is 4.20. The van der Waals surface area contributed by atoms with Crippen LogP contribution in [0.3, 0.4) is 0 Å². The molecular weight excluding hydrogens is 336 g/mol. The number of rotatable bonds is 3. The van der Waals surface area contributed by atoms with Crippen molar-refractivity contribution < 1.29 is 4.79 Å². The molecule has 1 aliphatic heterocycles. The van der Waals surface area contributed by atoms with Crippen molar-refractivity contribution in [2.75, 3.05) is 13.1 Å². The maximum Gasteiger partial charge on any atom is 0.253 e. The first-order valence-corrected chi connectivity index (χ1v) is 8.59. The van der Waals surface area contributed by atoms with E-state index >= 15 is 0 Å². The molecule has 6 heteroatoms. The minimum Gasteiger partial charge on any atom is -0.338 e. The van der Waals surface area contributed by atoms with Crippen molar-refractivity contribution in [2.45, 2.75) is 12.3 Å². The average molecular weight is 353 g/mol. The van der Waals surface area contributed by atoms with Gasteiger partial charge >= 0.3 is 0 Å². The molecule has 0 radical (unpaired) electrons. The number of carbonyl (C=O) groups is 1. The van der Waals surface area contributed by atoms with Crippen LogP contribution in [0.1, 0.15) is 28.3 Å². The number of amides is 1. The lowest BCUT2D eigenvalue weighted by Crippen LogP contribution is -2.28. The Morgan fingerprint density at radius 3 is 2.48 bits per heavy atom. The molecule has 5 nitrogen and oxygen atoms in total. The Hall–Kier alpha value is -2.66. The van der Waals surface area contributed by atoms with E-state index in [4.69, 9.17) is 11.6 Å². The second kappa shape index (κ2) is 6.69. The van der Waals surface area contributed by atoms with E-state index in [1.165, 1.54) is 0 Å². The molecule has 1 aromatic heterocycles. The molecule has 126 valence electrons. The minimum absolute atomic E-state index is 0.0601. The predicted molar refractivity (Wildman–Crippen MR) is 96.1 cm³/mol. The zero-order valence-corrected chi connectivity index (χ0v) is 14.3. The molecule has 0 aliphatic carbocycles. The van der Waals surface area contributed by atoms with Gasteiger partial charge in [-0.25, -0.2) is 0 Å². The molecule has 0 spiro atoms. The Labute approximate surface area is 150 Å². The lowest BCUT2D eigenvalue weighted by molar-refractivity contribution is 0.0791. The topological polar surface area (TPSA) is 51.0 Å². The number of likely N-dealkylation sites (tertiary alicyclic amines) is 1. The predicted octanol–water partition coefficient (Wildman–Crippen LogP) is 3.55. The van der Waals surface area contributed by atoms with Crippen molar-refractivity contribution >= 4 is 17.5 Å². The summed E-state index contributed by atoms with van der Waals surface area (Å²) >= 11 is 6.30. The van der Waals surface area contributed by atoms with Gasteiger partial charge in [-0.15, -0.1) is 10.2 Å². The number of aromatic nitrogens is 3. The quantitative estimate of drug-likeness (QED) is 0.724. The van der Waals surface area contributed by atoms with Crippen LogP contribution >= 0.6 is 11.6 Å². The highest BCUT2D eigenvalue weighted by molar-refractivity contribution is 6.31.